The number of nitrogens with zero attached hydrogens (tertiary/aromatic N) is 3. The van der Waals surface area contributed by atoms with Crippen molar-refractivity contribution in [2.24, 2.45) is 4.99 Å². The fourth-order valence-electron chi connectivity index (χ4n) is 4.38. The Morgan fingerprint density at radius 1 is 1.04 bits per heavy atom. The van der Waals surface area contributed by atoms with Crippen LogP contribution >= 0.6 is 0 Å². The average molecular weight is 382 g/mol. The van der Waals surface area contributed by atoms with Gasteiger partial charge in [-0.25, -0.2) is 0 Å². The maximum atomic E-state index is 13.2. The monoisotopic (exact) mass is 381 g/mol. The zero-order valence-corrected chi connectivity index (χ0v) is 17.8. The number of amides is 1. The summed E-state index contributed by atoms with van der Waals surface area (Å²) in [5.74, 6) is 1.16. The van der Waals surface area contributed by atoms with Gasteiger partial charge in [0.25, 0.3) is 5.91 Å². The molecule has 3 rings (SSSR count). The lowest BCUT2D eigenvalue weighted by molar-refractivity contribution is -0.123. The maximum absolute atomic E-state index is 13.2. The minimum absolute atomic E-state index is 0.143. The standard InChI is InChI=1S/C24H35N3O/c1-4-26(5-2)22-16-14-19(15-17-22)18-20-10-9-13-23(27(6-3)24(20)28)25-21-11-7-8-12-21/h14-18,21H,4-13H2,1-3H3/b20-18-,25-23?. The van der Waals surface area contributed by atoms with E-state index in [1.54, 1.807) is 0 Å². The van der Waals surface area contributed by atoms with Gasteiger partial charge in [0.15, 0.2) is 0 Å². The van der Waals surface area contributed by atoms with Crippen LogP contribution in [-0.2, 0) is 4.79 Å². The number of anilines is 1. The van der Waals surface area contributed by atoms with Crippen LogP contribution in [0.2, 0.25) is 0 Å². The van der Waals surface area contributed by atoms with Crippen molar-refractivity contribution in [1.29, 1.82) is 0 Å². The molecule has 2 fully saturated rings. The molecule has 1 aliphatic heterocycles. The molecule has 0 spiro atoms. The summed E-state index contributed by atoms with van der Waals surface area (Å²) in [5.41, 5.74) is 3.25. The molecule has 152 valence electrons. The van der Waals surface area contributed by atoms with Crippen molar-refractivity contribution >= 4 is 23.5 Å². The Morgan fingerprint density at radius 3 is 2.32 bits per heavy atom. The van der Waals surface area contributed by atoms with E-state index < -0.39 is 0 Å². The van der Waals surface area contributed by atoms with Crippen molar-refractivity contribution in [2.45, 2.75) is 71.8 Å². The van der Waals surface area contributed by atoms with Crippen LogP contribution in [0, 0.1) is 0 Å². The summed E-state index contributed by atoms with van der Waals surface area (Å²) in [7, 11) is 0. The van der Waals surface area contributed by atoms with Crippen molar-refractivity contribution in [3.63, 3.8) is 0 Å². The Hall–Kier alpha value is -2.10. The van der Waals surface area contributed by atoms with Crippen LogP contribution in [0.3, 0.4) is 0 Å². The Kier molecular flexibility index (Phi) is 7.30. The molecule has 1 aromatic carbocycles. The van der Waals surface area contributed by atoms with Gasteiger partial charge in [-0.15, -0.1) is 0 Å². The predicted molar refractivity (Wildman–Crippen MR) is 119 cm³/mol. The van der Waals surface area contributed by atoms with Crippen LogP contribution in [0.25, 0.3) is 6.08 Å². The van der Waals surface area contributed by atoms with Crippen molar-refractivity contribution in [2.75, 3.05) is 24.5 Å². The zero-order chi connectivity index (χ0) is 19.9. The third-order valence-corrected chi connectivity index (χ3v) is 6.01. The average Bonchev–Trinajstić information content (AvgIpc) is 3.17. The second-order valence-corrected chi connectivity index (χ2v) is 7.82. The zero-order valence-electron chi connectivity index (χ0n) is 17.8. The minimum atomic E-state index is 0.143. The summed E-state index contributed by atoms with van der Waals surface area (Å²) < 4.78 is 0. The SMILES string of the molecule is CCN1C(=O)/C(=C\c2ccc(N(CC)CC)cc2)CCCC1=NC1CCCC1. The van der Waals surface area contributed by atoms with E-state index in [-0.39, 0.29) is 5.91 Å². The van der Waals surface area contributed by atoms with Crippen LogP contribution in [0.4, 0.5) is 5.69 Å². The van der Waals surface area contributed by atoms with E-state index in [9.17, 15) is 4.79 Å². The number of carbonyl (C=O) groups excluding carboxylic acids is 1. The van der Waals surface area contributed by atoms with Gasteiger partial charge in [-0.1, -0.05) is 25.0 Å². The van der Waals surface area contributed by atoms with Gasteiger partial charge >= 0.3 is 0 Å². The lowest BCUT2D eigenvalue weighted by Crippen LogP contribution is -2.36. The number of likely N-dealkylation sites (N-methyl/N-ethyl adjacent to an activating group) is 1. The molecule has 1 aromatic rings. The number of likely N-dealkylation sites (tertiary alicyclic amines) is 1. The van der Waals surface area contributed by atoms with Gasteiger partial charge in [0.05, 0.1) is 6.04 Å². The molecule has 1 aliphatic carbocycles. The minimum Gasteiger partial charge on any atom is -0.372 e. The van der Waals surface area contributed by atoms with E-state index in [2.05, 4.69) is 56.0 Å². The normalized spacial score (nSPS) is 21.5. The molecule has 1 saturated carbocycles. The van der Waals surface area contributed by atoms with E-state index in [1.807, 2.05) is 4.90 Å². The van der Waals surface area contributed by atoms with E-state index in [4.69, 9.17) is 4.99 Å². The van der Waals surface area contributed by atoms with Gasteiger partial charge < -0.3 is 4.90 Å². The van der Waals surface area contributed by atoms with E-state index >= 15 is 0 Å². The van der Waals surface area contributed by atoms with Crippen LogP contribution in [0.5, 0.6) is 0 Å². The van der Waals surface area contributed by atoms with Crippen molar-refractivity contribution < 1.29 is 4.79 Å². The quantitative estimate of drug-likeness (QED) is 0.628. The molecule has 0 atom stereocenters. The summed E-state index contributed by atoms with van der Waals surface area (Å²) in [5, 5.41) is 0. The molecule has 0 aromatic heterocycles. The highest BCUT2D eigenvalue weighted by Gasteiger charge is 2.26. The van der Waals surface area contributed by atoms with E-state index in [1.165, 1.54) is 31.4 Å². The number of carbonyl (C=O) groups is 1. The van der Waals surface area contributed by atoms with Crippen LogP contribution in [0.15, 0.2) is 34.8 Å². The number of aliphatic imine (C=N–C) groups is 1. The summed E-state index contributed by atoms with van der Waals surface area (Å²) in [6, 6.07) is 9.00. The van der Waals surface area contributed by atoms with Crippen molar-refractivity contribution in [1.82, 2.24) is 4.90 Å². The van der Waals surface area contributed by atoms with Gasteiger partial charge in [0.1, 0.15) is 5.84 Å². The van der Waals surface area contributed by atoms with Crippen molar-refractivity contribution in [3.8, 4) is 0 Å². The molecule has 4 nitrogen and oxygen atoms in total. The second-order valence-electron chi connectivity index (χ2n) is 7.82. The first-order valence-corrected chi connectivity index (χ1v) is 11.1. The molecule has 1 saturated heterocycles. The molecule has 0 radical (unpaired) electrons. The first-order chi connectivity index (χ1) is 13.7. The first kappa shape index (κ1) is 20.6. The molecule has 4 heteroatoms. The number of hydrogen-bond donors (Lipinski definition) is 0. The third-order valence-electron chi connectivity index (χ3n) is 6.01. The number of hydrogen-bond acceptors (Lipinski definition) is 3. The molecule has 1 amide bonds. The summed E-state index contributed by atoms with van der Waals surface area (Å²) in [4.78, 5) is 22.4. The second kappa shape index (κ2) is 9.90. The third kappa shape index (κ3) is 4.84. The highest BCUT2D eigenvalue weighted by molar-refractivity contribution is 6.09. The Morgan fingerprint density at radius 2 is 1.71 bits per heavy atom. The van der Waals surface area contributed by atoms with E-state index in [0.717, 1.165) is 49.3 Å². The summed E-state index contributed by atoms with van der Waals surface area (Å²) >= 11 is 0. The fourth-order valence-corrected chi connectivity index (χ4v) is 4.38. The fraction of sp³-hybridized carbons (Fsp3) is 0.583. The summed E-state index contributed by atoms with van der Waals surface area (Å²) in [6.45, 7) is 9.11. The van der Waals surface area contributed by atoms with Crippen LogP contribution < -0.4 is 4.90 Å². The lowest BCUT2D eigenvalue weighted by atomic mass is 10.1. The summed E-state index contributed by atoms with van der Waals surface area (Å²) in [6.07, 6.45) is 9.72. The van der Waals surface area contributed by atoms with Gasteiger partial charge in [-0.3, -0.25) is 14.7 Å². The smallest absolute Gasteiger partial charge is 0.255 e. The molecule has 28 heavy (non-hydrogen) atoms. The van der Waals surface area contributed by atoms with Crippen molar-refractivity contribution in [3.05, 3.63) is 35.4 Å². The molecular formula is C24H35N3O. The largest absolute Gasteiger partial charge is 0.372 e. The molecule has 1 heterocycles. The van der Waals surface area contributed by atoms with Gasteiger partial charge in [0, 0.05) is 37.3 Å². The number of amidine groups is 1. The Labute approximate surface area is 170 Å². The molecular weight excluding hydrogens is 346 g/mol. The Bertz CT molecular complexity index is 710. The maximum Gasteiger partial charge on any atom is 0.255 e. The topological polar surface area (TPSA) is 35.9 Å². The number of rotatable bonds is 6. The molecule has 0 unspecified atom stereocenters. The highest BCUT2D eigenvalue weighted by Crippen LogP contribution is 2.26. The number of benzene rings is 1. The molecule has 0 N–H and O–H groups in total. The predicted octanol–water partition coefficient (Wildman–Crippen LogP) is 5.29. The van der Waals surface area contributed by atoms with Gasteiger partial charge in [0.2, 0.25) is 0 Å². The lowest BCUT2D eigenvalue weighted by Gasteiger charge is -2.22. The van der Waals surface area contributed by atoms with Crippen LogP contribution in [0.1, 0.15) is 71.3 Å². The van der Waals surface area contributed by atoms with Gasteiger partial charge in [-0.2, -0.15) is 0 Å². The Balaban J connectivity index is 1.79. The highest BCUT2D eigenvalue weighted by atomic mass is 16.2. The van der Waals surface area contributed by atoms with E-state index in [0.29, 0.717) is 12.6 Å². The molecule has 0 bridgehead atoms. The van der Waals surface area contributed by atoms with Gasteiger partial charge in [-0.05, 0) is 70.2 Å². The first-order valence-electron chi connectivity index (χ1n) is 11.1. The van der Waals surface area contributed by atoms with Crippen LogP contribution in [-0.4, -0.2) is 42.3 Å². The molecule has 2 aliphatic rings.